The number of benzene rings is 2. The monoisotopic (exact) mass is 351 g/mol. The number of amides is 1. The van der Waals surface area contributed by atoms with E-state index in [0.29, 0.717) is 5.75 Å². The number of thioether (sulfide) groups is 1. The van der Waals surface area contributed by atoms with Gasteiger partial charge < -0.3 is 4.90 Å². The van der Waals surface area contributed by atoms with Gasteiger partial charge in [-0.2, -0.15) is 0 Å². The molecule has 1 aliphatic heterocycles. The highest BCUT2D eigenvalue weighted by Crippen LogP contribution is 2.39. The number of halogens is 3. The lowest BCUT2D eigenvalue weighted by atomic mass is 10.1. The van der Waals surface area contributed by atoms with Gasteiger partial charge in [-0.05, 0) is 35.2 Å². The van der Waals surface area contributed by atoms with Crippen LogP contribution in [0.3, 0.4) is 0 Å². The average Bonchev–Trinajstić information content (AvgIpc) is 2.93. The maximum absolute atomic E-state index is 13.4. The molecular formula is C18H16F3NOS. The van der Waals surface area contributed by atoms with E-state index in [2.05, 4.69) is 6.92 Å². The Morgan fingerprint density at radius 1 is 1.08 bits per heavy atom. The molecule has 2 aromatic rings. The number of rotatable bonds is 4. The van der Waals surface area contributed by atoms with E-state index in [-0.39, 0.29) is 23.4 Å². The maximum Gasteiger partial charge on any atom is 0.234 e. The SMILES string of the molecule is CCc1ccc(C2SCC(=O)N2Cc2cc(F)c(F)c(F)c2)cc1. The van der Waals surface area contributed by atoms with E-state index < -0.39 is 17.5 Å². The van der Waals surface area contributed by atoms with Gasteiger partial charge in [0.2, 0.25) is 5.91 Å². The molecule has 0 N–H and O–H groups in total. The highest BCUT2D eigenvalue weighted by molar-refractivity contribution is 8.00. The number of hydrogen-bond donors (Lipinski definition) is 0. The van der Waals surface area contributed by atoms with E-state index in [0.717, 1.165) is 24.1 Å². The summed E-state index contributed by atoms with van der Waals surface area (Å²) in [5.74, 6) is -3.77. The lowest BCUT2D eigenvalue weighted by Gasteiger charge is -2.24. The van der Waals surface area contributed by atoms with Crippen molar-refractivity contribution in [1.82, 2.24) is 4.90 Å². The first-order chi connectivity index (χ1) is 11.5. The average molecular weight is 351 g/mol. The summed E-state index contributed by atoms with van der Waals surface area (Å²) in [7, 11) is 0. The Bertz CT molecular complexity index is 740. The topological polar surface area (TPSA) is 20.3 Å². The van der Waals surface area contributed by atoms with E-state index in [9.17, 15) is 18.0 Å². The number of aryl methyl sites for hydroxylation is 1. The molecule has 1 aliphatic rings. The molecule has 0 saturated carbocycles. The van der Waals surface area contributed by atoms with Crippen molar-refractivity contribution in [3.05, 3.63) is 70.5 Å². The van der Waals surface area contributed by atoms with Crippen LogP contribution < -0.4 is 0 Å². The molecule has 1 atom stereocenters. The largest absolute Gasteiger partial charge is 0.322 e. The molecule has 0 spiro atoms. The van der Waals surface area contributed by atoms with Crippen LogP contribution in [0.15, 0.2) is 36.4 Å². The van der Waals surface area contributed by atoms with Gasteiger partial charge in [0.1, 0.15) is 5.37 Å². The van der Waals surface area contributed by atoms with Gasteiger partial charge in [0.15, 0.2) is 17.5 Å². The molecule has 126 valence electrons. The van der Waals surface area contributed by atoms with Crippen LogP contribution in [0.2, 0.25) is 0 Å². The summed E-state index contributed by atoms with van der Waals surface area (Å²) < 4.78 is 39.9. The minimum atomic E-state index is -1.49. The molecule has 1 fully saturated rings. The van der Waals surface area contributed by atoms with Crippen molar-refractivity contribution in [2.75, 3.05) is 5.75 Å². The van der Waals surface area contributed by atoms with Crippen molar-refractivity contribution in [2.24, 2.45) is 0 Å². The summed E-state index contributed by atoms with van der Waals surface area (Å²) in [4.78, 5) is 13.7. The van der Waals surface area contributed by atoms with Crippen LogP contribution in [0, 0.1) is 17.5 Å². The molecule has 1 saturated heterocycles. The van der Waals surface area contributed by atoms with Crippen molar-refractivity contribution < 1.29 is 18.0 Å². The third kappa shape index (κ3) is 3.29. The molecular weight excluding hydrogens is 335 g/mol. The number of nitrogens with zero attached hydrogens (tertiary/aromatic N) is 1. The first-order valence-corrected chi connectivity index (χ1v) is 8.67. The summed E-state index contributed by atoms with van der Waals surface area (Å²) in [5.41, 5.74) is 2.39. The Kier molecular flexibility index (Phi) is 4.85. The predicted octanol–water partition coefficient (Wildman–Crippen LogP) is 4.44. The second kappa shape index (κ2) is 6.89. The lowest BCUT2D eigenvalue weighted by molar-refractivity contribution is -0.128. The normalized spacial score (nSPS) is 17.6. The van der Waals surface area contributed by atoms with E-state index in [1.807, 2.05) is 24.3 Å². The Hall–Kier alpha value is -1.95. The zero-order valence-electron chi connectivity index (χ0n) is 13.1. The van der Waals surface area contributed by atoms with Crippen LogP contribution in [0.25, 0.3) is 0 Å². The van der Waals surface area contributed by atoms with E-state index in [4.69, 9.17) is 0 Å². The summed E-state index contributed by atoms with van der Waals surface area (Å²) in [6, 6.07) is 9.82. The highest BCUT2D eigenvalue weighted by Gasteiger charge is 2.33. The van der Waals surface area contributed by atoms with Gasteiger partial charge in [0.05, 0.1) is 5.75 Å². The van der Waals surface area contributed by atoms with Crippen LogP contribution in [-0.2, 0) is 17.8 Å². The van der Waals surface area contributed by atoms with Gasteiger partial charge in [-0.3, -0.25) is 4.79 Å². The van der Waals surface area contributed by atoms with Crippen molar-refractivity contribution in [3.63, 3.8) is 0 Å². The first kappa shape index (κ1) is 16.9. The minimum Gasteiger partial charge on any atom is -0.322 e. The third-order valence-electron chi connectivity index (χ3n) is 4.04. The summed E-state index contributed by atoms with van der Waals surface area (Å²) in [6.45, 7) is 2.10. The van der Waals surface area contributed by atoms with Gasteiger partial charge in [-0.1, -0.05) is 31.2 Å². The zero-order chi connectivity index (χ0) is 17.3. The summed E-state index contributed by atoms with van der Waals surface area (Å²) in [5, 5.41) is -0.209. The number of hydrogen-bond acceptors (Lipinski definition) is 2. The summed E-state index contributed by atoms with van der Waals surface area (Å²) >= 11 is 1.47. The summed E-state index contributed by atoms with van der Waals surface area (Å²) in [6.07, 6.45) is 0.925. The fourth-order valence-corrected chi connectivity index (χ4v) is 3.90. The molecule has 1 heterocycles. The van der Waals surface area contributed by atoms with Gasteiger partial charge in [-0.15, -0.1) is 11.8 Å². The quantitative estimate of drug-likeness (QED) is 0.759. The van der Waals surface area contributed by atoms with E-state index >= 15 is 0 Å². The van der Waals surface area contributed by atoms with Crippen molar-refractivity contribution in [1.29, 1.82) is 0 Å². The van der Waals surface area contributed by atoms with Crippen LogP contribution in [0.5, 0.6) is 0 Å². The predicted molar refractivity (Wildman–Crippen MR) is 87.9 cm³/mol. The first-order valence-electron chi connectivity index (χ1n) is 7.63. The molecule has 2 aromatic carbocycles. The van der Waals surface area contributed by atoms with Crippen LogP contribution in [0.4, 0.5) is 13.2 Å². The van der Waals surface area contributed by atoms with Crippen molar-refractivity contribution in [3.8, 4) is 0 Å². The van der Waals surface area contributed by atoms with E-state index in [1.165, 1.54) is 17.3 Å². The molecule has 1 unspecified atom stereocenters. The fourth-order valence-electron chi connectivity index (χ4n) is 2.72. The molecule has 3 rings (SSSR count). The number of carbonyl (C=O) groups excluding carboxylic acids is 1. The minimum absolute atomic E-state index is 0.0418. The van der Waals surface area contributed by atoms with Gasteiger partial charge in [0, 0.05) is 6.54 Å². The highest BCUT2D eigenvalue weighted by atomic mass is 32.2. The lowest BCUT2D eigenvalue weighted by Crippen LogP contribution is -2.27. The van der Waals surface area contributed by atoms with Crippen LogP contribution >= 0.6 is 11.8 Å². The van der Waals surface area contributed by atoms with E-state index in [1.54, 1.807) is 4.90 Å². The molecule has 0 aromatic heterocycles. The molecule has 0 aliphatic carbocycles. The Morgan fingerprint density at radius 2 is 1.71 bits per heavy atom. The maximum atomic E-state index is 13.4. The molecule has 6 heteroatoms. The molecule has 24 heavy (non-hydrogen) atoms. The molecule has 2 nitrogen and oxygen atoms in total. The Morgan fingerprint density at radius 3 is 2.29 bits per heavy atom. The smallest absolute Gasteiger partial charge is 0.234 e. The van der Waals surface area contributed by atoms with Crippen LogP contribution in [0.1, 0.15) is 29.0 Å². The molecule has 1 amide bonds. The van der Waals surface area contributed by atoms with Crippen molar-refractivity contribution >= 4 is 17.7 Å². The van der Waals surface area contributed by atoms with Gasteiger partial charge >= 0.3 is 0 Å². The second-order valence-corrected chi connectivity index (χ2v) is 6.72. The Balaban J connectivity index is 1.85. The standard InChI is InChI=1S/C18H16F3NOS/c1-2-11-3-5-13(6-4-11)18-22(16(23)10-24-18)9-12-7-14(19)17(21)15(20)8-12/h3-8,18H,2,9-10H2,1H3. The molecule has 0 radical (unpaired) electrons. The van der Waals surface area contributed by atoms with Crippen molar-refractivity contribution in [2.45, 2.75) is 25.3 Å². The van der Waals surface area contributed by atoms with Crippen LogP contribution in [-0.4, -0.2) is 16.6 Å². The third-order valence-corrected chi connectivity index (χ3v) is 5.29. The second-order valence-electron chi connectivity index (χ2n) is 5.65. The van der Waals surface area contributed by atoms with Gasteiger partial charge in [-0.25, -0.2) is 13.2 Å². The number of carbonyl (C=O) groups is 1. The Labute approximate surface area is 142 Å². The zero-order valence-corrected chi connectivity index (χ0v) is 13.9. The van der Waals surface area contributed by atoms with Gasteiger partial charge in [0.25, 0.3) is 0 Å². The molecule has 0 bridgehead atoms. The fraction of sp³-hybridized carbons (Fsp3) is 0.278.